The second kappa shape index (κ2) is 4.45. The van der Waals surface area contributed by atoms with Gasteiger partial charge in [-0.25, -0.2) is 4.39 Å². The van der Waals surface area contributed by atoms with Gasteiger partial charge in [-0.05, 0) is 67.1 Å². The van der Waals surface area contributed by atoms with Crippen LogP contribution in [0.25, 0.3) is 0 Å². The molecule has 0 spiro atoms. The smallest absolute Gasteiger partial charge is 0.142 e. The van der Waals surface area contributed by atoms with Crippen LogP contribution in [0.4, 0.5) is 4.39 Å². The van der Waals surface area contributed by atoms with E-state index in [1.807, 2.05) is 6.07 Å². The lowest BCUT2D eigenvalue weighted by Crippen LogP contribution is -2.43. The number of fused-ring (bicyclic) bond motifs is 5. The van der Waals surface area contributed by atoms with Crippen LogP contribution in [0.1, 0.15) is 37.7 Å². The fraction of sp³-hybridized carbons (Fsp3) is 0.647. The molecule has 3 aliphatic carbocycles. The van der Waals surface area contributed by atoms with E-state index in [0.717, 1.165) is 23.8 Å². The van der Waals surface area contributed by atoms with Crippen molar-refractivity contribution in [1.29, 1.82) is 0 Å². The molecule has 0 amide bonds. The molecule has 1 nitrogen and oxygen atoms in total. The minimum atomic E-state index is -0.615. The van der Waals surface area contributed by atoms with Gasteiger partial charge in [0.2, 0.25) is 0 Å². The van der Waals surface area contributed by atoms with Crippen molar-refractivity contribution in [3.8, 4) is 0 Å². The van der Waals surface area contributed by atoms with E-state index in [2.05, 4.69) is 0 Å². The SMILES string of the molecule is OC1(Cc2ccc(Cl)c(F)c2)CC2CC1C1CCCC21. The van der Waals surface area contributed by atoms with Crippen LogP contribution >= 0.6 is 11.6 Å². The lowest BCUT2D eigenvalue weighted by atomic mass is 9.71. The molecule has 5 unspecified atom stereocenters. The van der Waals surface area contributed by atoms with Crippen molar-refractivity contribution in [3.63, 3.8) is 0 Å². The Hall–Kier alpha value is -0.600. The van der Waals surface area contributed by atoms with Gasteiger partial charge < -0.3 is 5.11 Å². The summed E-state index contributed by atoms with van der Waals surface area (Å²) in [6, 6.07) is 4.93. The van der Waals surface area contributed by atoms with E-state index in [4.69, 9.17) is 11.6 Å². The molecule has 3 aliphatic rings. The maximum absolute atomic E-state index is 13.6. The molecule has 4 rings (SSSR count). The zero-order valence-corrected chi connectivity index (χ0v) is 12.2. The third kappa shape index (κ3) is 1.84. The molecule has 3 fully saturated rings. The Kier molecular flexibility index (Phi) is 2.91. The third-order valence-corrected chi connectivity index (χ3v) is 6.41. The summed E-state index contributed by atoms with van der Waals surface area (Å²) >= 11 is 5.73. The number of halogens is 2. The monoisotopic (exact) mass is 294 g/mol. The van der Waals surface area contributed by atoms with Gasteiger partial charge in [0.15, 0.2) is 0 Å². The zero-order valence-electron chi connectivity index (χ0n) is 11.5. The van der Waals surface area contributed by atoms with Gasteiger partial charge >= 0.3 is 0 Å². The third-order valence-electron chi connectivity index (χ3n) is 6.10. The number of aliphatic hydroxyl groups is 1. The topological polar surface area (TPSA) is 20.2 Å². The van der Waals surface area contributed by atoms with E-state index in [0.29, 0.717) is 18.3 Å². The van der Waals surface area contributed by atoms with Gasteiger partial charge in [0.25, 0.3) is 0 Å². The molecule has 108 valence electrons. The molecule has 3 heteroatoms. The predicted molar refractivity (Wildman–Crippen MR) is 77.1 cm³/mol. The van der Waals surface area contributed by atoms with Crippen molar-refractivity contribution in [3.05, 3.63) is 34.6 Å². The number of hydrogen-bond donors (Lipinski definition) is 1. The van der Waals surface area contributed by atoms with Gasteiger partial charge in [-0.1, -0.05) is 24.1 Å². The summed E-state index contributed by atoms with van der Waals surface area (Å²) in [5.41, 5.74) is 0.257. The molecule has 5 atom stereocenters. The first-order valence-corrected chi connectivity index (χ1v) is 8.11. The van der Waals surface area contributed by atoms with Crippen molar-refractivity contribution >= 4 is 11.6 Å². The maximum Gasteiger partial charge on any atom is 0.142 e. The Labute approximate surface area is 124 Å². The summed E-state index contributed by atoms with van der Waals surface area (Å²) in [5, 5.41) is 11.2. The lowest BCUT2D eigenvalue weighted by molar-refractivity contribution is -0.0450. The molecule has 0 radical (unpaired) electrons. The van der Waals surface area contributed by atoms with E-state index in [-0.39, 0.29) is 10.8 Å². The summed E-state index contributed by atoms with van der Waals surface area (Å²) < 4.78 is 13.6. The van der Waals surface area contributed by atoms with Crippen molar-refractivity contribution in [2.75, 3.05) is 0 Å². The highest BCUT2D eigenvalue weighted by Crippen LogP contribution is 2.62. The molecule has 3 saturated carbocycles. The number of benzene rings is 1. The van der Waals surface area contributed by atoms with Crippen LogP contribution in [-0.2, 0) is 6.42 Å². The molecule has 1 aromatic carbocycles. The van der Waals surface area contributed by atoms with Crippen molar-refractivity contribution in [1.82, 2.24) is 0 Å². The maximum atomic E-state index is 13.6. The summed E-state index contributed by atoms with van der Waals surface area (Å²) in [4.78, 5) is 0. The quantitative estimate of drug-likeness (QED) is 0.866. The summed E-state index contributed by atoms with van der Waals surface area (Å²) in [5.74, 6) is 2.33. The second-order valence-corrected chi connectivity index (χ2v) is 7.50. The van der Waals surface area contributed by atoms with Gasteiger partial charge in [-0.3, -0.25) is 0 Å². The van der Waals surface area contributed by atoms with Crippen LogP contribution < -0.4 is 0 Å². The lowest BCUT2D eigenvalue weighted by Gasteiger charge is -2.39. The first kappa shape index (κ1) is 13.1. The molecule has 0 heterocycles. The molecule has 0 aliphatic heterocycles. The number of hydrogen-bond acceptors (Lipinski definition) is 1. The molecular formula is C17H20ClFO. The molecule has 1 N–H and O–H groups in total. The van der Waals surface area contributed by atoms with Crippen molar-refractivity contribution in [2.24, 2.45) is 23.7 Å². The standard InChI is InChI=1S/C17H20ClFO/c18-15-5-4-10(6-16(15)19)8-17(20)9-11-7-14(17)13-3-1-2-12(11)13/h4-6,11-14,20H,1-3,7-9H2. The van der Waals surface area contributed by atoms with E-state index < -0.39 is 5.60 Å². The van der Waals surface area contributed by atoms with Gasteiger partial charge in [-0.15, -0.1) is 0 Å². The highest BCUT2D eigenvalue weighted by atomic mass is 35.5. The van der Waals surface area contributed by atoms with Crippen LogP contribution in [-0.4, -0.2) is 10.7 Å². The minimum absolute atomic E-state index is 0.157. The van der Waals surface area contributed by atoms with Crippen molar-refractivity contribution < 1.29 is 9.50 Å². The van der Waals surface area contributed by atoms with Crippen molar-refractivity contribution in [2.45, 2.75) is 44.1 Å². The zero-order chi connectivity index (χ0) is 13.9. The Morgan fingerprint density at radius 1 is 1.30 bits per heavy atom. The fourth-order valence-electron chi connectivity index (χ4n) is 5.44. The molecule has 20 heavy (non-hydrogen) atoms. The van der Waals surface area contributed by atoms with Gasteiger partial charge in [0.05, 0.1) is 10.6 Å². The molecule has 1 aromatic rings. The van der Waals surface area contributed by atoms with Crippen LogP contribution in [0.3, 0.4) is 0 Å². The van der Waals surface area contributed by atoms with Crippen LogP contribution in [0, 0.1) is 29.5 Å². The normalized spacial score (nSPS) is 42.1. The Morgan fingerprint density at radius 2 is 2.10 bits per heavy atom. The van der Waals surface area contributed by atoms with Crippen LogP contribution in [0.2, 0.25) is 5.02 Å². The average Bonchev–Trinajstić information content (AvgIpc) is 3.04. The van der Waals surface area contributed by atoms with E-state index in [9.17, 15) is 9.50 Å². The Bertz CT molecular complexity index is 546. The predicted octanol–water partition coefficient (Wildman–Crippen LogP) is 4.21. The highest BCUT2D eigenvalue weighted by molar-refractivity contribution is 6.30. The summed E-state index contributed by atoms with van der Waals surface area (Å²) in [7, 11) is 0. The van der Waals surface area contributed by atoms with Crippen LogP contribution in [0.15, 0.2) is 18.2 Å². The van der Waals surface area contributed by atoms with E-state index >= 15 is 0 Å². The Balaban J connectivity index is 1.58. The molecule has 2 bridgehead atoms. The van der Waals surface area contributed by atoms with Gasteiger partial charge in [0.1, 0.15) is 5.82 Å². The van der Waals surface area contributed by atoms with Crippen LogP contribution in [0.5, 0.6) is 0 Å². The first-order chi connectivity index (χ1) is 9.57. The molecule has 0 aromatic heterocycles. The first-order valence-electron chi connectivity index (χ1n) is 7.73. The average molecular weight is 295 g/mol. The van der Waals surface area contributed by atoms with Gasteiger partial charge in [0, 0.05) is 6.42 Å². The molecule has 0 saturated heterocycles. The number of rotatable bonds is 2. The van der Waals surface area contributed by atoms with Gasteiger partial charge in [-0.2, -0.15) is 0 Å². The highest BCUT2D eigenvalue weighted by Gasteiger charge is 2.60. The second-order valence-electron chi connectivity index (χ2n) is 7.09. The van der Waals surface area contributed by atoms with E-state index in [1.165, 1.54) is 31.7 Å². The Morgan fingerprint density at radius 3 is 2.90 bits per heavy atom. The minimum Gasteiger partial charge on any atom is -0.389 e. The largest absolute Gasteiger partial charge is 0.389 e. The summed E-state index contributed by atoms with van der Waals surface area (Å²) in [6.07, 6.45) is 6.63. The molecular weight excluding hydrogens is 275 g/mol. The summed E-state index contributed by atoms with van der Waals surface area (Å²) in [6.45, 7) is 0. The fourth-order valence-corrected chi connectivity index (χ4v) is 5.56. The van der Waals surface area contributed by atoms with E-state index in [1.54, 1.807) is 6.07 Å².